The van der Waals surface area contributed by atoms with Crippen molar-refractivity contribution in [3.63, 3.8) is 0 Å². The van der Waals surface area contributed by atoms with Gasteiger partial charge in [-0.2, -0.15) is 0 Å². The number of aromatic nitrogens is 5. The quantitative estimate of drug-likeness (QED) is 0.352. The molecule has 0 saturated carbocycles. The summed E-state index contributed by atoms with van der Waals surface area (Å²) in [6.07, 6.45) is 1.52. The molecule has 4 heterocycles. The highest BCUT2D eigenvalue weighted by molar-refractivity contribution is 6.16. The minimum atomic E-state index is -0.294. The van der Waals surface area contributed by atoms with Crippen LogP contribution in [-0.4, -0.2) is 32.2 Å². The number of fused-ring (bicyclic) bond motifs is 4. The van der Waals surface area contributed by atoms with Gasteiger partial charge >= 0.3 is 0 Å². The molecular formula is C25H20FN5O2. The Labute approximate surface area is 187 Å². The average Bonchev–Trinajstić information content (AvgIpc) is 3.44. The van der Waals surface area contributed by atoms with Gasteiger partial charge in [-0.05, 0) is 51.1 Å². The van der Waals surface area contributed by atoms with Gasteiger partial charge in [0.15, 0.2) is 0 Å². The minimum absolute atomic E-state index is 0.294. The Morgan fingerprint density at radius 1 is 0.939 bits per heavy atom. The predicted molar refractivity (Wildman–Crippen MR) is 125 cm³/mol. The van der Waals surface area contributed by atoms with E-state index >= 15 is 0 Å². The summed E-state index contributed by atoms with van der Waals surface area (Å²) in [5.74, 6) is 1.12. The largest absolute Gasteiger partial charge is 0.496 e. The monoisotopic (exact) mass is 441 g/mol. The fourth-order valence-electron chi connectivity index (χ4n) is 4.78. The normalized spacial score (nSPS) is 11.8. The molecule has 0 amide bonds. The van der Waals surface area contributed by atoms with Crippen molar-refractivity contribution in [2.45, 2.75) is 20.8 Å². The lowest BCUT2D eigenvalue weighted by Crippen LogP contribution is -1.91. The number of methoxy groups -OCH3 is 1. The Morgan fingerprint density at radius 2 is 1.79 bits per heavy atom. The Kier molecular flexibility index (Phi) is 4.07. The number of nitrogens with zero attached hydrogens (tertiary/aromatic N) is 3. The van der Waals surface area contributed by atoms with Crippen LogP contribution in [0.4, 0.5) is 4.39 Å². The maximum atomic E-state index is 14.1. The third kappa shape index (κ3) is 2.77. The molecule has 33 heavy (non-hydrogen) atoms. The van der Waals surface area contributed by atoms with Gasteiger partial charge in [-0.15, -0.1) is 0 Å². The summed E-state index contributed by atoms with van der Waals surface area (Å²) >= 11 is 0. The molecule has 7 nitrogen and oxygen atoms in total. The molecule has 4 aromatic heterocycles. The van der Waals surface area contributed by atoms with E-state index in [1.165, 1.54) is 18.5 Å². The Bertz CT molecular complexity index is 1690. The molecule has 0 aliphatic carbocycles. The second kappa shape index (κ2) is 6.90. The topological polar surface area (TPSA) is 92.6 Å². The molecule has 0 atom stereocenters. The van der Waals surface area contributed by atoms with Crippen molar-refractivity contribution in [2.24, 2.45) is 0 Å². The fraction of sp³-hybridized carbons (Fsp3) is 0.160. The minimum Gasteiger partial charge on any atom is -0.496 e. The number of hydrogen-bond donors (Lipinski definition) is 2. The second-order valence-corrected chi connectivity index (χ2v) is 8.18. The lowest BCUT2D eigenvalue weighted by Gasteiger charge is -2.09. The maximum absolute atomic E-state index is 14.1. The summed E-state index contributed by atoms with van der Waals surface area (Å²) < 4.78 is 25.3. The van der Waals surface area contributed by atoms with Crippen molar-refractivity contribution >= 4 is 32.8 Å². The first-order valence-corrected chi connectivity index (χ1v) is 10.5. The van der Waals surface area contributed by atoms with Gasteiger partial charge in [-0.3, -0.25) is 0 Å². The Morgan fingerprint density at radius 3 is 2.55 bits per heavy atom. The van der Waals surface area contributed by atoms with Crippen LogP contribution < -0.4 is 4.74 Å². The molecule has 0 aliphatic rings. The summed E-state index contributed by atoms with van der Waals surface area (Å²) in [5.41, 5.74) is 7.49. The van der Waals surface area contributed by atoms with Gasteiger partial charge in [0.25, 0.3) is 0 Å². The zero-order chi connectivity index (χ0) is 22.9. The summed E-state index contributed by atoms with van der Waals surface area (Å²) in [6.45, 7) is 5.75. The highest BCUT2D eigenvalue weighted by Gasteiger charge is 2.22. The Balaban J connectivity index is 1.70. The van der Waals surface area contributed by atoms with E-state index in [0.29, 0.717) is 11.4 Å². The van der Waals surface area contributed by atoms with E-state index in [1.807, 2.05) is 32.9 Å². The molecule has 0 radical (unpaired) electrons. The summed E-state index contributed by atoms with van der Waals surface area (Å²) in [7, 11) is 1.64. The van der Waals surface area contributed by atoms with Crippen LogP contribution in [0.3, 0.4) is 0 Å². The van der Waals surface area contributed by atoms with E-state index in [1.54, 1.807) is 13.2 Å². The van der Waals surface area contributed by atoms with E-state index in [9.17, 15) is 4.39 Å². The van der Waals surface area contributed by atoms with Crippen LogP contribution in [0.2, 0.25) is 0 Å². The molecule has 2 N–H and O–H groups in total. The van der Waals surface area contributed by atoms with Gasteiger partial charge < -0.3 is 19.2 Å². The van der Waals surface area contributed by atoms with E-state index in [0.717, 1.165) is 66.7 Å². The number of aromatic amines is 2. The molecule has 0 unspecified atom stereocenters. The van der Waals surface area contributed by atoms with Crippen LogP contribution in [0.5, 0.6) is 5.75 Å². The second-order valence-electron chi connectivity index (χ2n) is 8.18. The van der Waals surface area contributed by atoms with Gasteiger partial charge in [0.05, 0.1) is 29.4 Å². The van der Waals surface area contributed by atoms with E-state index in [4.69, 9.17) is 9.26 Å². The zero-order valence-electron chi connectivity index (χ0n) is 18.5. The molecule has 2 aromatic carbocycles. The number of H-pyrrole nitrogens is 2. The SMILES string of the molecule is COc1cc2c(cc1-c1c(C)noc1C)[nH]c1ncnc(-c3c(C)[nH]c4ccc(F)cc34)c12. The molecule has 8 heteroatoms. The van der Waals surface area contributed by atoms with E-state index < -0.39 is 0 Å². The summed E-state index contributed by atoms with van der Waals surface area (Å²) in [5, 5.41) is 6.63. The average molecular weight is 441 g/mol. The highest BCUT2D eigenvalue weighted by atomic mass is 19.1. The third-order valence-electron chi connectivity index (χ3n) is 6.20. The lowest BCUT2D eigenvalue weighted by molar-refractivity contribution is 0.393. The molecule has 0 bridgehead atoms. The maximum Gasteiger partial charge on any atom is 0.142 e. The van der Waals surface area contributed by atoms with Crippen LogP contribution >= 0.6 is 0 Å². The van der Waals surface area contributed by atoms with Gasteiger partial charge in [-0.1, -0.05) is 5.16 Å². The third-order valence-corrected chi connectivity index (χ3v) is 6.20. The first-order chi connectivity index (χ1) is 16.0. The van der Waals surface area contributed by atoms with Crippen molar-refractivity contribution in [1.29, 1.82) is 0 Å². The number of hydrogen-bond acceptors (Lipinski definition) is 5. The van der Waals surface area contributed by atoms with Crippen molar-refractivity contribution in [2.75, 3.05) is 7.11 Å². The van der Waals surface area contributed by atoms with Crippen LogP contribution in [0.15, 0.2) is 41.2 Å². The molecule has 0 saturated heterocycles. The predicted octanol–water partition coefficient (Wildman–Crippen LogP) is 5.99. The van der Waals surface area contributed by atoms with Gasteiger partial charge in [-0.25, -0.2) is 14.4 Å². The summed E-state index contributed by atoms with van der Waals surface area (Å²) in [6, 6.07) is 8.73. The van der Waals surface area contributed by atoms with Crippen molar-refractivity contribution in [3.05, 3.63) is 59.6 Å². The first-order valence-electron chi connectivity index (χ1n) is 10.5. The molecule has 0 spiro atoms. The van der Waals surface area contributed by atoms with Crippen molar-refractivity contribution in [1.82, 2.24) is 25.1 Å². The van der Waals surface area contributed by atoms with Crippen LogP contribution in [0.25, 0.3) is 55.2 Å². The van der Waals surface area contributed by atoms with Crippen LogP contribution in [0, 0.1) is 26.6 Å². The van der Waals surface area contributed by atoms with E-state index in [2.05, 4.69) is 25.1 Å². The number of rotatable bonds is 3. The van der Waals surface area contributed by atoms with Gasteiger partial charge in [0.1, 0.15) is 29.3 Å². The number of ether oxygens (including phenoxy) is 1. The molecule has 0 aliphatic heterocycles. The van der Waals surface area contributed by atoms with Crippen LogP contribution in [-0.2, 0) is 0 Å². The summed E-state index contributed by atoms with van der Waals surface area (Å²) in [4.78, 5) is 15.9. The number of aryl methyl sites for hydroxylation is 3. The van der Waals surface area contributed by atoms with Crippen molar-refractivity contribution < 1.29 is 13.7 Å². The molecule has 0 fully saturated rings. The van der Waals surface area contributed by atoms with Gasteiger partial charge in [0.2, 0.25) is 0 Å². The Hall–Kier alpha value is -4.20. The molecule has 6 aromatic rings. The van der Waals surface area contributed by atoms with Gasteiger partial charge in [0, 0.05) is 38.6 Å². The number of halogens is 1. The standard InChI is InChI=1S/C25H20FN5O2/c1-11-22(15-7-14(26)5-6-18(15)29-11)24-23-16-9-20(32-4)17(21-12(2)31-33-13(21)3)8-19(16)30-25(23)28-10-27-24/h5-10,29H,1-4H3,(H,27,28,30). The van der Waals surface area contributed by atoms with Crippen LogP contribution in [0.1, 0.15) is 17.1 Å². The first kappa shape index (κ1) is 19.5. The smallest absolute Gasteiger partial charge is 0.142 e. The number of nitrogens with one attached hydrogen (secondary N) is 2. The van der Waals surface area contributed by atoms with E-state index in [-0.39, 0.29) is 5.82 Å². The fourth-order valence-corrected chi connectivity index (χ4v) is 4.78. The zero-order valence-corrected chi connectivity index (χ0v) is 18.5. The number of benzene rings is 2. The molecule has 164 valence electrons. The molecular weight excluding hydrogens is 421 g/mol. The lowest BCUT2D eigenvalue weighted by atomic mass is 9.99. The van der Waals surface area contributed by atoms with Crippen molar-refractivity contribution in [3.8, 4) is 28.1 Å². The molecule has 6 rings (SSSR count). The highest BCUT2D eigenvalue weighted by Crippen LogP contribution is 2.42.